The van der Waals surface area contributed by atoms with Crippen molar-refractivity contribution in [3.63, 3.8) is 0 Å². The Balaban J connectivity index is 1.63. The maximum atomic E-state index is 13.8. The number of epoxide rings is 1. The Morgan fingerprint density at radius 3 is 2.67 bits per heavy atom. The molecule has 18 heavy (non-hydrogen) atoms. The molecule has 0 saturated carbocycles. The molecule has 1 spiro atoms. The summed E-state index contributed by atoms with van der Waals surface area (Å²) in [5.41, 5.74) is 0.906. The van der Waals surface area contributed by atoms with Gasteiger partial charge in [-0.1, -0.05) is 18.2 Å². The van der Waals surface area contributed by atoms with Gasteiger partial charge in [-0.25, -0.2) is 4.39 Å². The van der Waals surface area contributed by atoms with E-state index in [0.717, 1.165) is 31.7 Å². The zero-order valence-corrected chi connectivity index (χ0v) is 10.4. The smallest absolute Gasteiger partial charge is 0.126 e. The SMILES string of the molecule is Fc1ccccc1CC1N2CCC(CC2)C12CO2. The van der Waals surface area contributed by atoms with E-state index in [9.17, 15) is 4.39 Å². The van der Waals surface area contributed by atoms with Crippen molar-refractivity contribution >= 4 is 0 Å². The number of benzene rings is 1. The molecule has 0 aromatic heterocycles. The zero-order chi connectivity index (χ0) is 12.2. The molecule has 3 heteroatoms. The molecule has 0 aliphatic carbocycles. The molecule has 0 radical (unpaired) electrons. The molecule has 4 heterocycles. The van der Waals surface area contributed by atoms with Gasteiger partial charge in [-0.3, -0.25) is 4.90 Å². The third-order valence-corrected chi connectivity index (χ3v) is 5.07. The van der Waals surface area contributed by atoms with Crippen LogP contribution in [0.1, 0.15) is 18.4 Å². The van der Waals surface area contributed by atoms with Gasteiger partial charge in [-0.05, 0) is 49.9 Å². The van der Waals surface area contributed by atoms with Crippen LogP contribution in [0.15, 0.2) is 24.3 Å². The molecule has 1 aromatic rings. The molecular weight excluding hydrogens is 229 g/mol. The van der Waals surface area contributed by atoms with E-state index >= 15 is 0 Å². The lowest BCUT2D eigenvalue weighted by Gasteiger charge is -2.50. The van der Waals surface area contributed by atoms with Gasteiger partial charge >= 0.3 is 0 Å². The third kappa shape index (κ3) is 1.47. The summed E-state index contributed by atoms with van der Waals surface area (Å²) in [6, 6.07) is 7.55. The number of halogens is 1. The summed E-state index contributed by atoms with van der Waals surface area (Å²) in [4.78, 5) is 2.51. The summed E-state index contributed by atoms with van der Waals surface area (Å²) < 4.78 is 19.6. The molecule has 2 unspecified atom stereocenters. The minimum atomic E-state index is -0.0732. The summed E-state index contributed by atoms with van der Waals surface area (Å²) in [6.45, 7) is 3.21. The van der Waals surface area contributed by atoms with Crippen molar-refractivity contribution in [2.75, 3.05) is 19.7 Å². The van der Waals surface area contributed by atoms with Crippen molar-refractivity contribution in [3.05, 3.63) is 35.6 Å². The third-order valence-electron chi connectivity index (χ3n) is 5.07. The molecular formula is C15H18FNO. The summed E-state index contributed by atoms with van der Waals surface area (Å²) >= 11 is 0. The molecule has 0 amide bonds. The number of piperidine rings is 3. The molecule has 2 bridgehead atoms. The average molecular weight is 247 g/mol. The quantitative estimate of drug-likeness (QED) is 0.745. The van der Waals surface area contributed by atoms with Crippen LogP contribution < -0.4 is 0 Å². The highest BCUT2D eigenvalue weighted by Gasteiger charge is 2.62. The van der Waals surface area contributed by atoms with Gasteiger partial charge in [0.2, 0.25) is 0 Å². The highest BCUT2D eigenvalue weighted by molar-refractivity contribution is 5.23. The Kier molecular flexibility index (Phi) is 2.30. The zero-order valence-electron chi connectivity index (χ0n) is 10.4. The first-order valence-corrected chi connectivity index (χ1v) is 6.91. The minimum Gasteiger partial charge on any atom is -0.368 e. The van der Waals surface area contributed by atoms with E-state index in [1.165, 1.54) is 12.8 Å². The second-order valence-electron chi connectivity index (χ2n) is 5.87. The first kappa shape index (κ1) is 10.9. The van der Waals surface area contributed by atoms with E-state index in [1.54, 1.807) is 12.1 Å². The Morgan fingerprint density at radius 2 is 2.00 bits per heavy atom. The number of nitrogens with zero attached hydrogens (tertiary/aromatic N) is 1. The fraction of sp³-hybridized carbons (Fsp3) is 0.600. The molecule has 4 saturated heterocycles. The van der Waals surface area contributed by atoms with Crippen molar-refractivity contribution in [1.29, 1.82) is 0 Å². The highest BCUT2D eigenvalue weighted by Crippen LogP contribution is 2.51. The summed E-state index contributed by atoms with van der Waals surface area (Å²) in [5, 5.41) is 0. The largest absolute Gasteiger partial charge is 0.368 e. The van der Waals surface area contributed by atoms with Gasteiger partial charge in [0.15, 0.2) is 0 Å². The predicted molar refractivity (Wildman–Crippen MR) is 66.9 cm³/mol. The van der Waals surface area contributed by atoms with Crippen LogP contribution in [0.2, 0.25) is 0 Å². The highest BCUT2D eigenvalue weighted by atomic mass is 19.1. The molecule has 2 nitrogen and oxygen atoms in total. The Labute approximate surface area is 107 Å². The minimum absolute atomic E-state index is 0.0682. The molecule has 2 atom stereocenters. The average Bonchev–Trinajstić information content (AvgIpc) is 3.18. The molecule has 0 N–H and O–H groups in total. The van der Waals surface area contributed by atoms with Crippen LogP contribution in [0.25, 0.3) is 0 Å². The molecule has 1 aromatic carbocycles. The number of hydrogen-bond acceptors (Lipinski definition) is 2. The van der Waals surface area contributed by atoms with Gasteiger partial charge in [-0.15, -0.1) is 0 Å². The fourth-order valence-electron chi connectivity index (χ4n) is 3.97. The predicted octanol–water partition coefficient (Wildman–Crippen LogP) is 2.23. The fourth-order valence-corrected chi connectivity index (χ4v) is 3.97. The van der Waals surface area contributed by atoms with Gasteiger partial charge in [0.1, 0.15) is 11.4 Å². The molecule has 4 aliphatic rings. The van der Waals surface area contributed by atoms with E-state index in [2.05, 4.69) is 4.90 Å². The summed E-state index contributed by atoms with van der Waals surface area (Å²) in [5.74, 6) is 0.634. The normalized spacial score (nSPS) is 41.3. The first-order valence-electron chi connectivity index (χ1n) is 6.91. The van der Waals surface area contributed by atoms with Crippen LogP contribution >= 0.6 is 0 Å². The van der Waals surface area contributed by atoms with Gasteiger partial charge < -0.3 is 4.74 Å². The van der Waals surface area contributed by atoms with Gasteiger partial charge in [0.25, 0.3) is 0 Å². The Bertz CT molecular complexity index is 463. The van der Waals surface area contributed by atoms with Crippen molar-refractivity contribution in [3.8, 4) is 0 Å². The lowest BCUT2D eigenvalue weighted by molar-refractivity contribution is -0.0319. The maximum absolute atomic E-state index is 13.8. The lowest BCUT2D eigenvalue weighted by atomic mass is 9.72. The van der Waals surface area contributed by atoms with E-state index in [1.807, 2.05) is 12.1 Å². The van der Waals surface area contributed by atoms with E-state index in [-0.39, 0.29) is 11.4 Å². The van der Waals surface area contributed by atoms with Crippen LogP contribution in [0, 0.1) is 11.7 Å². The monoisotopic (exact) mass is 247 g/mol. The van der Waals surface area contributed by atoms with E-state index in [0.29, 0.717) is 12.0 Å². The Hall–Kier alpha value is -0.930. The van der Waals surface area contributed by atoms with Gasteiger partial charge in [0.05, 0.1) is 6.61 Å². The van der Waals surface area contributed by atoms with Gasteiger partial charge in [0, 0.05) is 6.04 Å². The van der Waals surface area contributed by atoms with Gasteiger partial charge in [-0.2, -0.15) is 0 Å². The topological polar surface area (TPSA) is 15.8 Å². The summed E-state index contributed by atoms with van der Waals surface area (Å²) in [7, 11) is 0. The molecule has 5 rings (SSSR count). The number of hydrogen-bond donors (Lipinski definition) is 0. The van der Waals surface area contributed by atoms with Crippen molar-refractivity contribution in [1.82, 2.24) is 4.90 Å². The van der Waals surface area contributed by atoms with Crippen LogP contribution in [0.5, 0.6) is 0 Å². The van der Waals surface area contributed by atoms with Crippen molar-refractivity contribution in [2.24, 2.45) is 5.92 Å². The molecule has 96 valence electrons. The lowest BCUT2D eigenvalue weighted by Crippen LogP contribution is -2.61. The van der Waals surface area contributed by atoms with E-state index < -0.39 is 0 Å². The number of fused-ring (bicyclic) bond motifs is 2. The summed E-state index contributed by atoms with van der Waals surface area (Å²) in [6.07, 6.45) is 3.31. The standard InChI is InChI=1S/C15H18FNO/c16-13-4-2-1-3-11(13)9-14-15(10-18-15)12-5-7-17(14)8-6-12/h1-4,12,14H,5-10H2. The van der Waals surface area contributed by atoms with Crippen LogP contribution in [-0.4, -0.2) is 36.2 Å². The number of ether oxygens (including phenoxy) is 1. The molecule has 4 fully saturated rings. The number of rotatable bonds is 2. The van der Waals surface area contributed by atoms with Crippen LogP contribution in [0.4, 0.5) is 4.39 Å². The van der Waals surface area contributed by atoms with Crippen molar-refractivity contribution < 1.29 is 9.13 Å². The van der Waals surface area contributed by atoms with E-state index in [4.69, 9.17) is 4.74 Å². The maximum Gasteiger partial charge on any atom is 0.126 e. The molecule has 4 aliphatic heterocycles. The van der Waals surface area contributed by atoms with Crippen molar-refractivity contribution in [2.45, 2.75) is 30.9 Å². The first-order chi connectivity index (χ1) is 8.79. The van der Waals surface area contributed by atoms with Crippen LogP contribution in [0.3, 0.4) is 0 Å². The second kappa shape index (κ2) is 3.78. The Morgan fingerprint density at radius 1 is 1.28 bits per heavy atom. The second-order valence-corrected chi connectivity index (χ2v) is 5.87. The van der Waals surface area contributed by atoms with Crippen LogP contribution in [-0.2, 0) is 11.2 Å².